The van der Waals surface area contributed by atoms with Gasteiger partial charge in [-0.15, -0.1) is 0 Å². The van der Waals surface area contributed by atoms with Crippen LogP contribution in [0.4, 0.5) is 0 Å². The summed E-state index contributed by atoms with van der Waals surface area (Å²) in [6.07, 6.45) is 0. The van der Waals surface area contributed by atoms with Crippen molar-refractivity contribution >= 4 is 17.7 Å². The maximum Gasteiger partial charge on any atom is 0.347 e. The summed E-state index contributed by atoms with van der Waals surface area (Å²) in [4.78, 5) is 32.0. The van der Waals surface area contributed by atoms with Gasteiger partial charge in [-0.3, -0.25) is 9.59 Å². The van der Waals surface area contributed by atoms with E-state index in [1.807, 2.05) is 0 Å². The number of phenols is 1. The van der Waals surface area contributed by atoms with Crippen LogP contribution in [-0.4, -0.2) is 27.9 Å². The van der Waals surface area contributed by atoms with Crippen molar-refractivity contribution in [3.63, 3.8) is 0 Å². The number of carboxylic acids is 1. The highest BCUT2D eigenvalue weighted by Gasteiger charge is 2.14. The van der Waals surface area contributed by atoms with Crippen molar-refractivity contribution in [3.05, 3.63) is 59.7 Å². The van der Waals surface area contributed by atoms with Crippen LogP contribution < -0.4 is 4.74 Å². The maximum absolute atomic E-state index is 11.8. The molecule has 0 aliphatic rings. The van der Waals surface area contributed by atoms with Gasteiger partial charge in [-0.25, -0.2) is 4.79 Å². The van der Waals surface area contributed by atoms with E-state index in [4.69, 9.17) is 14.6 Å². The quantitative estimate of drug-likeness (QED) is 0.513. The number of hydrogen-bond acceptors (Lipinski definition) is 5. The number of carbonyl (C=O) groups excluding carboxylic acids is 2. The molecule has 2 aromatic rings. The van der Waals surface area contributed by atoms with E-state index >= 15 is 0 Å². The molecule has 0 aliphatic heterocycles. The molecule has 120 valence electrons. The van der Waals surface area contributed by atoms with Gasteiger partial charge in [0.2, 0.25) is 0 Å². The Kier molecular flexibility index (Phi) is 6.48. The Morgan fingerprint density at radius 1 is 0.957 bits per heavy atom. The van der Waals surface area contributed by atoms with Crippen LogP contribution in [0.1, 0.15) is 34.6 Å². The fourth-order valence-electron chi connectivity index (χ4n) is 1.57. The standard InChI is InChI=1S/C15H12O4.C2H4O2/c1-10(16)11-7-8-13(14(17)9-11)15(18)19-12-5-3-2-4-6-12;1-2(3)4/h2-9,17H,1H3;1H3,(H,3,4). The number of esters is 1. The average Bonchev–Trinajstić information content (AvgIpc) is 2.47. The van der Waals surface area contributed by atoms with Gasteiger partial charge in [-0.2, -0.15) is 0 Å². The third kappa shape index (κ3) is 6.01. The maximum atomic E-state index is 11.8. The molecule has 0 spiro atoms. The van der Waals surface area contributed by atoms with Gasteiger partial charge in [0.15, 0.2) is 5.78 Å². The summed E-state index contributed by atoms with van der Waals surface area (Å²) in [5.74, 6) is -1.56. The van der Waals surface area contributed by atoms with Crippen molar-refractivity contribution in [1.29, 1.82) is 0 Å². The molecule has 0 aliphatic carbocycles. The summed E-state index contributed by atoms with van der Waals surface area (Å²) in [5.41, 5.74) is 0.364. The molecule has 23 heavy (non-hydrogen) atoms. The Balaban J connectivity index is 0.000000593. The monoisotopic (exact) mass is 316 g/mol. The zero-order chi connectivity index (χ0) is 17.4. The Hall–Kier alpha value is -3.15. The van der Waals surface area contributed by atoms with Crippen molar-refractivity contribution in [2.75, 3.05) is 0 Å². The minimum atomic E-state index is -0.833. The van der Waals surface area contributed by atoms with Crippen LogP contribution in [0.2, 0.25) is 0 Å². The number of hydrogen-bond donors (Lipinski definition) is 2. The SMILES string of the molecule is CC(=O)O.CC(=O)c1ccc(C(=O)Oc2ccccc2)c(O)c1. The van der Waals surface area contributed by atoms with Gasteiger partial charge in [-0.1, -0.05) is 24.3 Å². The number of benzene rings is 2. The zero-order valence-corrected chi connectivity index (χ0v) is 12.6. The summed E-state index contributed by atoms with van der Waals surface area (Å²) in [6, 6.07) is 12.7. The van der Waals surface area contributed by atoms with Gasteiger partial charge in [0.25, 0.3) is 5.97 Å². The van der Waals surface area contributed by atoms with E-state index in [0.29, 0.717) is 11.3 Å². The Bertz CT molecular complexity index is 702. The number of aliphatic carboxylic acids is 1. The number of ketones is 1. The number of ether oxygens (including phenoxy) is 1. The highest BCUT2D eigenvalue weighted by molar-refractivity contribution is 5.98. The first-order valence-corrected chi connectivity index (χ1v) is 6.62. The van der Waals surface area contributed by atoms with Crippen LogP contribution in [0.5, 0.6) is 11.5 Å². The lowest BCUT2D eigenvalue weighted by atomic mass is 10.1. The third-order valence-electron chi connectivity index (χ3n) is 2.58. The Morgan fingerprint density at radius 2 is 1.52 bits per heavy atom. The molecule has 2 aromatic carbocycles. The summed E-state index contributed by atoms with van der Waals surface area (Å²) in [6.45, 7) is 2.47. The van der Waals surface area contributed by atoms with Crippen LogP contribution in [0, 0.1) is 0 Å². The summed E-state index contributed by atoms with van der Waals surface area (Å²) in [7, 11) is 0. The fraction of sp³-hybridized carbons (Fsp3) is 0.118. The molecule has 0 bridgehead atoms. The second-order valence-corrected chi connectivity index (χ2v) is 4.51. The molecule has 6 nitrogen and oxygen atoms in total. The van der Waals surface area contributed by atoms with Gasteiger partial charge in [0, 0.05) is 12.5 Å². The normalized spacial score (nSPS) is 9.30. The summed E-state index contributed by atoms with van der Waals surface area (Å²) < 4.78 is 5.10. The second kappa shape index (κ2) is 8.33. The molecule has 0 radical (unpaired) electrons. The molecule has 0 fully saturated rings. The second-order valence-electron chi connectivity index (χ2n) is 4.51. The molecule has 0 saturated carbocycles. The van der Waals surface area contributed by atoms with Crippen LogP contribution >= 0.6 is 0 Å². The largest absolute Gasteiger partial charge is 0.507 e. The van der Waals surface area contributed by atoms with E-state index in [1.165, 1.54) is 25.1 Å². The first-order valence-electron chi connectivity index (χ1n) is 6.62. The molecule has 0 aromatic heterocycles. The van der Waals surface area contributed by atoms with Gasteiger partial charge in [0.05, 0.1) is 0 Å². The number of aromatic hydroxyl groups is 1. The van der Waals surface area contributed by atoms with E-state index < -0.39 is 11.9 Å². The Labute approximate surface area is 133 Å². The van der Waals surface area contributed by atoms with E-state index in [2.05, 4.69) is 0 Å². The predicted octanol–water partition coefficient (Wildman–Crippen LogP) is 2.90. The van der Waals surface area contributed by atoms with E-state index in [-0.39, 0.29) is 17.1 Å². The number of Topliss-reactive ketones (excluding diaryl/α,β-unsaturated/α-hetero) is 1. The van der Waals surface area contributed by atoms with Crippen molar-refractivity contribution < 1.29 is 29.3 Å². The number of carbonyl (C=O) groups is 3. The molecule has 0 unspecified atom stereocenters. The Morgan fingerprint density at radius 3 is 2.00 bits per heavy atom. The molecule has 0 heterocycles. The van der Waals surface area contributed by atoms with E-state index in [9.17, 15) is 14.7 Å². The summed E-state index contributed by atoms with van der Waals surface area (Å²) in [5, 5.41) is 17.2. The molecule has 0 saturated heterocycles. The van der Waals surface area contributed by atoms with Crippen LogP contribution in [-0.2, 0) is 4.79 Å². The van der Waals surface area contributed by atoms with Crippen LogP contribution in [0.25, 0.3) is 0 Å². The number of para-hydroxylation sites is 1. The first-order chi connectivity index (χ1) is 10.8. The summed E-state index contributed by atoms with van der Waals surface area (Å²) >= 11 is 0. The van der Waals surface area contributed by atoms with Crippen molar-refractivity contribution in [2.45, 2.75) is 13.8 Å². The molecule has 2 N–H and O–H groups in total. The smallest absolute Gasteiger partial charge is 0.347 e. The zero-order valence-electron chi connectivity index (χ0n) is 12.6. The average molecular weight is 316 g/mol. The number of phenolic OH excluding ortho intramolecular Hbond substituents is 1. The number of rotatable bonds is 3. The lowest BCUT2D eigenvalue weighted by molar-refractivity contribution is -0.134. The highest BCUT2D eigenvalue weighted by Crippen LogP contribution is 2.21. The molecular formula is C17H16O6. The van der Waals surface area contributed by atoms with Gasteiger partial charge in [-0.05, 0) is 31.2 Å². The molecule has 2 rings (SSSR count). The molecular weight excluding hydrogens is 300 g/mol. The molecule has 0 amide bonds. The third-order valence-corrected chi connectivity index (χ3v) is 2.58. The minimum Gasteiger partial charge on any atom is -0.507 e. The van der Waals surface area contributed by atoms with E-state index in [0.717, 1.165) is 6.92 Å². The molecule has 6 heteroatoms. The van der Waals surface area contributed by atoms with Crippen LogP contribution in [0.15, 0.2) is 48.5 Å². The fourth-order valence-corrected chi connectivity index (χ4v) is 1.57. The van der Waals surface area contributed by atoms with Crippen LogP contribution in [0.3, 0.4) is 0 Å². The lowest BCUT2D eigenvalue weighted by Gasteiger charge is -2.06. The predicted molar refractivity (Wildman–Crippen MR) is 82.8 cm³/mol. The van der Waals surface area contributed by atoms with Crippen molar-refractivity contribution in [3.8, 4) is 11.5 Å². The topological polar surface area (TPSA) is 101 Å². The van der Waals surface area contributed by atoms with E-state index in [1.54, 1.807) is 30.3 Å². The number of carboxylic acid groups (broad SMARTS) is 1. The first kappa shape index (κ1) is 17.9. The highest BCUT2D eigenvalue weighted by atomic mass is 16.5. The van der Waals surface area contributed by atoms with Gasteiger partial charge in [0.1, 0.15) is 17.1 Å². The van der Waals surface area contributed by atoms with Crippen molar-refractivity contribution in [2.24, 2.45) is 0 Å². The molecule has 0 atom stereocenters. The minimum absolute atomic E-state index is 0.0221. The lowest BCUT2D eigenvalue weighted by Crippen LogP contribution is -2.09. The van der Waals surface area contributed by atoms with Gasteiger partial charge < -0.3 is 14.9 Å². The van der Waals surface area contributed by atoms with Gasteiger partial charge >= 0.3 is 5.97 Å². The van der Waals surface area contributed by atoms with Crippen molar-refractivity contribution in [1.82, 2.24) is 0 Å².